The van der Waals surface area contributed by atoms with Gasteiger partial charge in [0.05, 0.1) is 73.0 Å². The molecule has 0 aliphatic heterocycles. The van der Waals surface area contributed by atoms with Crippen LogP contribution in [0.2, 0.25) is 0 Å². The van der Waals surface area contributed by atoms with E-state index >= 15 is 0 Å². The number of carboxylic acids is 2. The quantitative estimate of drug-likeness (QED) is 0.0827. The van der Waals surface area contributed by atoms with Gasteiger partial charge in [0.1, 0.15) is 0 Å². The number of rotatable bonds is 11. The molecule has 115 heavy (non-hydrogen) atoms. The van der Waals surface area contributed by atoms with Crippen LogP contribution < -0.4 is 0 Å². The maximum Gasteiger partial charge on any atom is 0.416 e. The number of benzene rings is 10. The molecule has 10 aromatic carbocycles. The summed E-state index contributed by atoms with van der Waals surface area (Å²) in [5.41, 5.74) is 9.73. The number of aryl methyl sites for hydroxylation is 2. The normalized spacial score (nSPS) is 13.3. The molecule has 5 aromatic heterocycles. The van der Waals surface area contributed by atoms with Gasteiger partial charge in [-0.1, -0.05) is 111 Å². The third kappa shape index (κ3) is 22.5. The first-order chi connectivity index (χ1) is 54.6. The van der Waals surface area contributed by atoms with E-state index in [1.54, 1.807) is 74.8 Å². The molecule has 592 valence electrons. The van der Waals surface area contributed by atoms with E-state index in [1.807, 2.05) is 73.1 Å². The van der Waals surface area contributed by atoms with E-state index in [2.05, 4.69) is 110 Å². The number of carboxylic acid groups (broad SMARTS) is 2. The van der Waals surface area contributed by atoms with Gasteiger partial charge in [-0.2, -0.15) is 54.8 Å². The number of H-pyrrole nitrogens is 1. The first kappa shape index (κ1) is 84.9. The summed E-state index contributed by atoms with van der Waals surface area (Å²) in [7, 11) is 0. The van der Waals surface area contributed by atoms with Crippen molar-refractivity contribution in [2.45, 2.75) is 106 Å². The number of hydrogen-bond donors (Lipinski definition) is 3. The van der Waals surface area contributed by atoms with Crippen LogP contribution in [0, 0.1) is 25.7 Å². The largest absolute Gasteiger partial charge is 0.478 e. The molecule has 15 nitrogen and oxygen atoms in total. The Morgan fingerprint density at radius 2 is 0.791 bits per heavy atom. The van der Waals surface area contributed by atoms with E-state index in [0.717, 1.165) is 103 Å². The number of carbonyl (C=O) groups excluding carboxylic acids is 3. The average molecular weight is 1640 g/mol. The molecular weight excluding hydrogens is 1560 g/mol. The Balaban J connectivity index is 0.000000144. The molecule has 5 heterocycles. The molecule has 1 fully saturated rings. The van der Waals surface area contributed by atoms with Crippen molar-refractivity contribution in [3.05, 3.63) is 316 Å². The number of halogens is 10. The van der Waals surface area contributed by atoms with Crippen molar-refractivity contribution >= 4 is 99.7 Å². The van der Waals surface area contributed by atoms with E-state index in [-0.39, 0.29) is 28.6 Å². The van der Waals surface area contributed by atoms with E-state index in [9.17, 15) is 63.5 Å². The second kappa shape index (κ2) is 37.4. The van der Waals surface area contributed by atoms with Gasteiger partial charge in [-0.15, -0.1) is 0 Å². The standard InChI is InChI=1S/C17H15NO.C16H11F3N2O.C16H13NO2.C15H9F3N2O2.C10H20.C9H8N2O.C7H4BrF3/c1-12-4-3-5-16(10-12)18-9-8-15-11-14(13(2)19)6-7-17(15)18;1-10(22)11-5-6-15-12(7-11)9-21(20-15)14-4-2-3-13(8-14)16(17,18)19;1-11-3-2-4-14(9-11)17-8-7-12-10-13(16(18)19)5-6-15(12)17;16-15(17,18)11-2-1-3-12(7-11)20-8-10-6-9(14(21)22)4-5-13(10)19-20;1-3-9-7-5-6-8-10(9)4-2;1-6(12)7-2-3-9-8(4-7)5-10-11-9;8-6-3-1-2-5(4-6)7(9,10)11/h3-11H,1-2H3;2-9H,1H3;2-10H,1H3,(H,18,19);1-8H,(H,21,22);9-10H,3-8H2,1-2H3;2-5H,1H3,(H,10,11);1-4H/t;;;;9-,10-;;/m....1../s1. The van der Waals surface area contributed by atoms with Crippen LogP contribution in [-0.2, 0) is 18.5 Å². The Labute approximate surface area is 664 Å². The van der Waals surface area contributed by atoms with Crippen molar-refractivity contribution in [2.24, 2.45) is 11.8 Å². The minimum absolute atomic E-state index is 0.0753. The number of ketones is 3. The lowest BCUT2D eigenvalue weighted by Gasteiger charge is -2.29. The van der Waals surface area contributed by atoms with Gasteiger partial charge >= 0.3 is 30.5 Å². The third-order valence-electron chi connectivity index (χ3n) is 19.2. The topological polar surface area (TPSA) is 200 Å². The molecule has 0 saturated heterocycles. The van der Waals surface area contributed by atoms with Gasteiger partial charge in [0.25, 0.3) is 0 Å². The maximum absolute atomic E-state index is 12.8. The molecule has 0 unspecified atom stereocenters. The Hall–Kier alpha value is -12.5. The summed E-state index contributed by atoms with van der Waals surface area (Å²) in [6, 6.07) is 61.1. The van der Waals surface area contributed by atoms with Crippen molar-refractivity contribution in [3.8, 4) is 22.7 Å². The monoisotopic (exact) mass is 1630 g/mol. The fourth-order valence-electron chi connectivity index (χ4n) is 13.1. The minimum atomic E-state index is -4.43. The molecule has 0 amide bonds. The summed E-state index contributed by atoms with van der Waals surface area (Å²) in [4.78, 5) is 55.6. The van der Waals surface area contributed by atoms with Gasteiger partial charge in [0.15, 0.2) is 17.3 Å². The molecule has 16 rings (SSSR count). The molecule has 3 N–H and O–H groups in total. The molecule has 1 aliphatic carbocycles. The molecule has 25 heteroatoms. The van der Waals surface area contributed by atoms with E-state index < -0.39 is 47.2 Å². The summed E-state index contributed by atoms with van der Waals surface area (Å²) < 4.78 is 120. The number of aromatic nitrogens is 8. The van der Waals surface area contributed by atoms with Gasteiger partial charge in [0, 0.05) is 84.3 Å². The number of nitrogens with one attached hydrogen (secondary N) is 1. The lowest BCUT2D eigenvalue weighted by Crippen LogP contribution is -2.17. The first-order valence-electron chi connectivity index (χ1n) is 36.6. The van der Waals surface area contributed by atoms with Crippen LogP contribution in [0.5, 0.6) is 0 Å². The van der Waals surface area contributed by atoms with E-state index in [4.69, 9.17) is 10.2 Å². The molecule has 2 atom stereocenters. The summed E-state index contributed by atoms with van der Waals surface area (Å²) in [6.45, 7) is 13.4. The van der Waals surface area contributed by atoms with Crippen LogP contribution in [0.15, 0.2) is 260 Å². The van der Waals surface area contributed by atoms with Crippen LogP contribution in [-0.4, -0.2) is 78.4 Å². The molecule has 0 radical (unpaired) electrons. The minimum Gasteiger partial charge on any atom is -0.478 e. The SMILES string of the molecule is CC(=O)c1ccc2[nH]ncc2c1.CC(=O)c1ccc2c(ccn2-c2cccc(C)c2)c1.CC(=O)c1ccc2nn(-c3cccc(C(F)(F)F)c3)cc2c1.CC[C@@H]1CCCC[C@H]1CC.Cc1cccc(-n2ccc3cc(C(=O)O)ccc32)c1.FC(F)(F)c1cccc(Br)c1.O=C(O)c1ccc2nn(-c3cccc(C(F)(F)F)c3)cc2c1. The molecule has 0 bridgehead atoms. The van der Waals surface area contributed by atoms with Gasteiger partial charge < -0.3 is 19.3 Å². The van der Waals surface area contributed by atoms with E-state index in [1.165, 1.54) is 115 Å². The zero-order chi connectivity index (χ0) is 83.1. The summed E-state index contributed by atoms with van der Waals surface area (Å²) in [5, 5.41) is 37.3. The van der Waals surface area contributed by atoms with Crippen LogP contribution in [0.1, 0.15) is 153 Å². The Morgan fingerprint density at radius 3 is 1.20 bits per heavy atom. The highest BCUT2D eigenvalue weighted by Crippen LogP contribution is 2.36. The maximum atomic E-state index is 12.8. The van der Waals surface area contributed by atoms with Gasteiger partial charge in [-0.25, -0.2) is 19.0 Å². The predicted molar refractivity (Wildman–Crippen MR) is 433 cm³/mol. The zero-order valence-corrected chi connectivity index (χ0v) is 65.1. The summed E-state index contributed by atoms with van der Waals surface area (Å²) in [5.74, 6) is 0.272. The summed E-state index contributed by atoms with van der Waals surface area (Å²) >= 11 is 2.95. The van der Waals surface area contributed by atoms with Gasteiger partial charge in [-0.3, -0.25) is 19.5 Å². The van der Waals surface area contributed by atoms with Crippen LogP contribution in [0.3, 0.4) is 0 Å². The number of alkyl halides is 9. The molecule has 0 spiro atoms. The zero-order valence-electron chi connectivity index (χ0n) is 63.5. The Morgan fingerprint density at radius 1 is 0.426 bits per heavy atom. The number of Topliss-reactive ketones (excluding diaryl/α,β-unsaturated/α-hetero) is 3. The van der Waals surface area contributed by atoms with Crippen molar-refractivity contribution in [1.29, 1.82) is 0 Å². The average Bonchev–Trinajstić information content (AvgIpc) is 1.71. The number of aromatic amines is 1. The molecule has 15 aromatic rings. The number of nitrogens with zero attached hydrogens (tertiary/aromatic N) is 7. The van der Waals surface area contributed by atoms with Crippen molar-refractivity contribution in [1.82, 2.24) is 38.9 Å². The number of aromatic carboxylic acids is 2. The van der Waals surface area contributed by atoms with Crippen LogP contribution >= 0.6 is 15.9 Å². The van der Waals surface area contributed by atoms with Crippen molar-refractivity contribution in [2.75, 3.05) is 0 Å². The Kier molecular flexibility index (Phi) is 27.6. The highest BCUT2D eigenvalue weighted by molar-refractivity contribution is 9.10. The lowest BCUT2D eigenvalue weighted by atomic mass is 9.77. The summed E-state index contributed by atoms with van der Waals surface area (Å²) in [6.07, 6.45) is 4.59. The Bertz CT molecular complexity index is 5680. The second-order valence-electron chi connectivity index (χ2n) is 27.5. The fraction of sp³-hybridized carbons (Fsp3) is 0.200. The predicted octanol–water partition coefficient (Wildman–Crippen LogP) is 24.6. The first-order valence-corrected chi connectivity index (χ1v) is 37.4. The smallest absolute Gasteiger partial charge is 0.416 e. The van der Waals surface area contributed by atoms with Crippen molar-refractivity contribution < 1.29 is 73.7 Å². The van der Waals surface area contributed by atoms with E-state index in [0.29, 0.717) is 43.1 Å². The second-order valence-corrected chi connectivity index (χ2v) is 28.4. The van der Waals surface area contributed by atoms with Gasteiger partial charge in [-0.05, 0) is 240 Å². The number of hydrogen-bond acceptors (Lipinski definition) is 8. The van der Waals surface area contributed by atoms with Crippen LogP contribution in [0.4, 0.5) is 39.5 Å². The number of fused-ring (bicyclic) bond motifs is 5. The van der Waals surface area contributed by atoms with Crippen molar-refractivity contribution in [3.63, 3.8) is 0 Å². The highest BCUT2D eigenvalue weighted by atomic mass is 79.9. The molecule has 1 aliphatic rings. The van der Waals surface area contributed by atoms with Crippen LogP contribution in [0.25, 0.3) is 77.3 Å². The third-order valence-corrected chi connectivity index (χ3v) is 19.7. The molecule has 1 saturated carbocycles. The molecular formula is C90H80BrF9N8O7. The lowest BCUT2D eigenvalue weighted by molar-refractivity contribution is -0.138. The van der Waals surface area contributed by atoms with Gasteiger partial charge in [0.2, 0.25) is 0 Å². The fourth-order valence-corrected chi connectivity index (χ4v) is 13.5. The number of carbonyl (C=O) groups is 5. The highest BCUT2D eigenvalue weighted by Gasteiger charge is 2.33.